The van der Waals surface area contributed by atoms with Crippen LogP contribution >= 0.6 is 0 Å². The van der Waals surface area contributed by atoms with Gasteiger partial charge in [0.1, 0.15) is 5.76 Å². The van der Waals surface area contributed by atoms with E-state index in [9.17, 15) is 9.59 Å². The highest BCUT2D eigenvalue weighted by molar-refractivity contribution is 5.91. The lowest BCUT2D eigenvalue weighted by Crippen LogP contribution is -2.54. The number of nitrogens with zero attached hydrogens (tertiary/aromatic N) is 1. The molecular weight excluding hydrogens is 188 g/mol. The minimum Gasteiger partial charge on any atom is -0.479 e. The van der Waals surface area contributed by atoms with Crippen molar-refractivity contribution in [1.82, 2.24) is 4.90 Å². The van der Waals surface area contributed by atoms with Crippen LogP contribution in [0.3, 0.4) is 0 Å². The van der Waals surface area contributed by atoms with Gasteiger partial charge in [0, 0.05) is 6.54 Å². The van der Waals surface area contributed by atoms with E-state index in [1.165, 1.54) is 11.0 Å². The summed E-state index contributed by atoms with van der Waals surface area (Å²) in [5.41, 5.74) is 5.26. The quantitative estimate of drug-likeness (QED) is 0.548. The van der Waals surface area contributed by atoms with Gasteiger partial charge in [0.2, 0.25) is 5.91 Å². The van der Waals surface area contributed by atoms with Crippen LogP contribution in [-0.2, 0) is 14.3 Å². The molecule has 2 heterocycles. The summed E-state index contributed by atoms with van der Waals surface area (Å²) in [5.74, 6) is -1.00. The van der Waals surface area contributed by atoms with Crippen LogP contribution in [0.2, 0.25) is 0 Å². The number of hydrogen-bond donors (Lipinski definition) is 2. The Morgan fingerprint density at radius 2 is 2.50 bits per heavy atom. The number of carbonyl (C=O) groups excluding carboxylic acids is 1. The molecule has 2 fully saturated rings. The zero-order chi connectivity index (χ0) is 10.3. The number of carboxylic acid groups (broad SMARTS) is 1. The van der Waals surface area contributed by atoms with Gasteiger partial charge in [-0.3, -0.25) is 9.69 Å². The summed E-state index contributed by atoms with van der Waals surface area (Å²) in [6.07, 6.45) is 1.34. The highest BCUT2D eigenvalue weighted by atomic mass is 16.5. The number of rotatable bonds is 2. The summed E-state index contributed by atoms with van der Waals surface area (Å²) >= 11 is 0. The van der Waals surface area contributed by atoms with Gasteiger partial charge in [-0.2, -0.15) is 0 Å². The fraction of sp³-hybridized carbons (Fsp3) is 0.500. The van der Waals surface area contributed by atoms with Gasteiger partial charge >= 0.3 is 5.97 Å². The fourth-order valence-electron chi connectivity index (χ4n) is 1.69. The van der Waals surface area contributed by atoms with Crippen molar-refractivity contribution in [3.63, 3.8) is 0 Å². The molecule has 1 amide bonds. The normalized spacial score (nSPS) is 32.5. The Morgan fingerprint density at radius 3 is 3.00 bits per heavy atom. The number of carboxylic acids is 1. The smallest absolute Gasteiger partial charge is 0.334 e. The standard InChI is InChI=1S/C8H10N2O4/c9-2-1-4-7(8(12)13)10-5(11)3-6(10)14-4/h1,6-7H,2-3,9H2,(H,12,13)/b4-1-/t6-,7-/m0/s1. The molecule has 14 heavy (non-hydrogen) atoms. The van der Waals surface area contributed by atoms with Gasteiger partial charge in [-0.15, -0.1) is 0 Å². The van der Waals surface area contributed by atoms with Gasteiger partial charge in [0.15, 0.2) is 12.3 Å². The largest absolute Gasteiger partial charge is 0.479 e. The number of ether oxygens (including phenoxy) is 1. The molecule has 2 atom stereocenters. The molecule has 2 aliphatic rings. The molecule has 0 saturated carbocycles. The number of carbonyl (C=O) groups is 2. The zero-order valence-corrected chi connectivity index (χ0v) is 7.34. The van der Waals surface area contributed by atoms with E-state index >= 15 is 0 Å². The molecule has 0 aromatic carbocycles. The van der Waals surface area contributed by atoms with Crippen LogP contribution in [-0.4, -0.2) is 40.7 Å². The van der Waals surface area contributed by atoms with E-state index in [1.54, 1.807) is 0 Å². The third kappa shape index (κ3) is 1.07. The first-order chi connectivity index (χ1) is 6.65. The maximum atomic E-state index is 11.1. The zero-order valence-electron chi connectivity index (χ0n) is 7.34. The Balaban J connectivity index is 2.26. The molecule has 0 aliphatic carbocycles. The van der Waals surface area contributed by atoms with Crippen LogP contribution < -0.4 is 5.73 Å². The molecule has 2 rings (SSSR count). The van der Waals surface area contributed by atoms with Gasteiger partial charge in [-0.25, -0.2) is 4.79 Å². The maximum Gasteiger partial charge on any atom is 0.334 e. The van der Waals surface area contributed by atoms with Gasteiger partial charge < -0.3 is 15.6 Å². The predicted octanol–water partition coefficient (Wildman–Crippen LogP) is -1.13. The Labute approximate surface area is 79.9 Å². The monoisotopic (exact) mass is 198 g/mol. The molecule has 0 aromatic heterocycles. The van der Waals surface area contributed by atoms with Crippen molar-refractivity contribution in [2.45, 2.75) is 18.7 Å². The molecule has 3 N–H and O–H groups in total. The van der Waals surface area contributed by atoms with Crippen LogP contribution in [0.15, 0.2) is 11.8 Å². The molecule has 0 unspecified atom stereocenters. The number of aliphatic carboxylic acids is 1. The molecule has 0 radical (unpaired) electrons. The number of nitrogens with two attached hydrogens (primary N) is 1. The van der Waals surface area contributed by atoms with E-state index < -0.39 is 18.2 Å². The maximum absolute atomic E-state index is 11.1. The second-order valence-corrected chi connectivity index (χ2v) is 3.16. The van der Waals surface area contributed by atoms with Crippen molar-refractivity contribution in [3.8, 4) is 0 Å². The fourth-order valence-corrected chi connectivity index (χ4v) is 1.69. The topological polar surface area (TPSA) is 92.9 Å². The highest BCUT2D eigenvalue weighted by Gasteiger charge is 2.53. The SMILES string of the molecule is NC/C=C1\O[C@H]2CC(=O)N2[C@@H]1C(=O)O. The first-order valence-electron chi connectivity index (χ1n) is 4.26. The minimum atomic E-state index is -1.08. The summed E-state index contributed by atoms with van der Waals surface area (Å²) in [5, 5.41) is 8.89. The number of hydrogen-bond acceptors (Lipinski definition) is 4. The molecule has 6 heteroatoms. The number of amides is 1. The number of β-lactam (4-membered cyclic amide) rings is 1. The minimum absolute atomic E-state index is 0.192. The van der Waals surface area contributed by atoms with Crippen LogP contribution in [0.5, 0.6) is 0 Å². The summed E-state index contributed by atoms with van der Waals surface area (Å²) in [4.78, 5) is 23.2. The lowest BCUT2D eigenvalue weighted by Gasteiger charge is -2.33. The lowest BCUT2D eigenvalue weighted by molar-refractivity contribution is -0.163. The molecule has 0 spiro atoms. The van der Waals surface area contributed by atoms with Crippen molar-refractivity contribution < 1.29 is 19.4 Å². The number of fused-ring (bicyclic) bond motifs is 1. The molecule has 0 aromatic rings. The summed E-state index contributed by atoms with van der Waals surface area (Å²) < 4.78 is 5.25. The van der Waals surface area contributed by atoms with Gasteiger partial charge in [0.25, 0.3) is 0 Å². The lowest BCUT2D eigenvalue weighted by atomic mass is 10.1. The first-order valence-corrected chi connectivity index (χ1v) is 4.26. The van der Waals surface area contributed by atoms with E-state index in [2.05, 4.69) is 0 Å². The first kappa shape index (κ1) is 9.01. The average molecular weight is 198 g/mol. The van der Waals surface area contributed by atoms with E-state index in [0.717, 1.165) is 0 Å². The molecule has 2 aliphatic heterocycles. The van der Waals surface area contributed by atoms with Gasteiger partial charge in [-0.05, 0) is 6.08 Å². The van der Waals surface area contributed by atoms with E-state index in [1.807, 2.05) is 0 Å². The van der Waals surface area contributed by atoms with Crippen molar-refractivity contribution >= 4 is 11.9 Å². The molecule has 0 bridgehead atoms. The van der Waals surface area contributed by atoms with Crippen LogP contribution in [0.1, 0.15) is 6.42 Å². The third-order valence-electron chi connectivity index (χ3n) is 2.32. The van der Waals surface area contributed by atoms with Crippen molar-refractivity contribution in [3.05, 3.63) is 11.8 Å². The van der Waals surface area contributed by atoms with Crippen LogP contribution in [0.25, 0.3) is 0 Å². The van der Waals surface area contributed by atoms with Crippen molar-refractivity contribution in [2.24, 2.45) is 5.73 Å². The predicted molar refractivity (Wildman–Crippen MR) is 44.9 cm³/mol. The molecular formula is C8H10N2O4. The van der Waals surface area contributed by atoms with E-state index in [-0.39, 0.29) is 24.6 Å². The second-order valence-electron chi connectivity index (χ2n) is 3.16. The van der Waals surface area contributed by atoms with Crippen LogP contribution in [0.4, 0.5) is 0 Å². The average Bonchev–Trinajstić information content (AvgIpc) is 2.39. The third-order valence-corrected chi connectivity index (χ3v) is 2.32. The Hall–Kier alpha value is -1.56. The molecule has 6 nitrogen and oxygen atoms in total. The van der Waals surface area contributed by atoms with Crippen molar-refractivity contribution in [1.29, 1.82) is 0 Å². The summed E-state index contributed by atoms with van der Waals surface area (Å²) in [6.45, 7) is 0.202. The summed E-state index contributed by atoms with van der Waals surface area (Å²) in [7, 11) is 0. The molecule has 76 valence electrons. The highest BCUT2D eigenvalue weighted by Crippen LogP contribution is 2.36. The van der Waals surface area contributed by atoms with Gasteiger partial charge in [-0.1, -0.05) is 0 Å². The second kappa shape index (κ2) is 2.98. The van der Waals surface area contributed by atoms with Crippen molar-refractivity contribution in [2.75, 3.05) is 6.54 Å². The van der Waals surface area contributed by atoms with E-state index in [0.29, 0.717) is 0 Å². The van der Waals surface area contributed by atoms with E-state index in [4.69, 9.17) is 15.6 Å². The Bertz CT molecular complexity index is 325. The van der Waals surface area contributed by atoms with Crippen LogP contribution in [0, 0.1) is 0 Å². The Kier molecular flexibility index (Phi) is 1.92. The summed E-state index contributed by atoms with van der Waals surface area (Å²) in [6, 6.07) is -0.982. The van der Waals surface area contributed by atoms with Gasteiger partial charge in [0.05, 0.1) is 6.42 Å². The Morgan fingerprint density at radius 1 is 1.79 bits per heavy atom. The molecule has 2 saturated heterocycles.